The molecule has 2 aromatic rings. The number of rotatable bonds is 3. The lowest BCUT2D eigenvalue weighted by Gasteiger charge is -2.11. The van der Waals surface area contributed by atoms with Crippen LogP contribution in [0.1, 0.15) is 35.4 Å². The number of carbonyl (C=O) groups excluding carboxylic acids is 1. The summed E-state index contributed by atoms with van der Waals surface area (Å²) in [5.41, 5.74) is 4.98. The Labute approximate surface area is 119 Å². The van der Waals surface area contributed by atoms with E-state index >= 15 is 0 Å². The molecule has 0 saturated heterocycles. The molecule has 0 N–H and O–H groups in total. The van der Waals surface area contributed by atoms with E-state index in [0.717, 1.165) is 28.2 Å². The van der Waals surface area contributed by atoms with Gasteiger partial charge in [0.15, 0.2) is 0 Å². The standard InChI is InChI=1S/C16H20N2O2/c1-10-8-6-7-9-14(10)18-13(4)15(12(3)17-18)11(2)16(19)20-5/h6-9,11H,1-5H3. The summed E-state index contributed by atoms with van der Waals surface area (Å²) in [6.07, 6.45) is 0. The molecule has 0 bridgehead atoms. The Bertz CT molecular complexity index is 644. The van der Waals surface area contributed by atoms with Crippen LogP contribution in [0, 0.1) is 20.8 Å². The minimum atomic E-state index is -0.308. The summed E-state index contributed by atoms with van der Waals surface area (Å²) in [5.74, 6) is -0.543. The molecule has 106 valence electrons. The molecule has 0 spiro atoms. The van der Waals surface area contributed by atoms with Crippen LogP contribution in [0.2, 0.25) is 0 Å². The molecule has 0 amide bonds. The fourth-order valence-electron chi connectivity index (χ4n) is 2.61. The van der Waals surface area contributed by atoms with Gasteiger partial charge in [0.1, 0.15) is 0 Å². The molecule has 0 aliphatic heterocycles. The van der Waals surface area contributed by atoms with E-state index in [-0.39, 0.29) is 11.9 Å². The highest BCUT2D eigenvalue weighted by atomic mass is 16.5. The van der Waals surface area contributed by atoms with Crippen molar-refractivity contribution in [3.63, 3.8) is 0 Å². The first-order valence-electron chi connectivity index (χ1n) is 6.67. The van der Waals surface area contributed by atoms with Gasteiger partial charge in [0.2, 0.25) is 0 Å². The lowest BCUT2D eigenvalue weighted by Crippen LogP contribution is -2.12. The summed E-state index contributed by atoms with van der Waals surface area (Å²) < 4.78 is 6.74. The maximum Gasteiger partial charge on any atom is 0.312 e. The van der Waals surface area contributed by atoms with Gasteiger partial charge in [-0.3, -0.25) is 4.79 Å². The first kappa shape index (κ1) is 14.3. The number of ether oxygens (including phenoxy) is 1. The normalized spacial score (nSPS) is 12.2. The van der Waals surface area contributed by atoms with Crippen LogP contribution in [0.4, 0.5) is 0 Å². The fraction of sp³-hybridized carbons (Fsp3) is 0.375. The molecular weight excluding hydrogens is 252 g/mol. The van der Waals surface area contributed by atoms with E-state index in [4.69, 9.17) is 4.74 Å². The zero-order valence-electron chi connectivity index (χ0n) is 12.6. The SMILES string of the molecule is COC(=O)C(C)c1c(C)nn(-c2ccccc2C)c1C. The van der Waals surface area contributed by atoms with E-state index in [1.807, 2.05) is 43.7 Å². The van der Waals surface area contributed by atoms with Gasteiger partial charge in [-0.15, -0.1) is 0 Å². The van der Waals surface area contributed by atoms with Crippen LogP contribution >= 0.6 is 0 Å². The third-order valence-electron chi connectivity index (χ3n) is 3.68. The van der Waals surface area contributed by atoms with Crippen molar-refractivity contribution in [2.75, 3.05) is 7.11 Å². The van der Waals surface area contributed by atoms with Crippen LogP contribution in [0.3, 0.4) is 0 Å². The van der Waals surface area contributed by atoms with Crippen LogP contribution in [-0.4, -0.2) is 22.9 Å². The zero-order valence-corrected chi connectivity index (χ0v) is 12.6. The number of carbonyl (C=O) groups is 1. The van der Waals surface area contributed by atoms with E-state index in [1.54, 1.807) is 0 Å². The van der Waals surface area contributed by atoms with Crippen molar-refractivity contribution in [3.05, 3.63) is 46.8 Å². The van der Waals surface area contributed by atoms with Crippen molar-refractivity contribution in [1.29, 1.82) is 0 Å². The minimum absolute atomic E-state index is 0.236. The zero-order chi connectivity index (χ0) is 14.9. The summed E-state index contributed by atoms with van der Waals surface area (Å²) in [6, 6.07) is 8.07. The second-order valence-corrected chi connectivity index (χ2v) is 5.03. The molecule has 0 fully saturated rings. The van der Waals surface area contributed by atoms with E-state index in [0.29, 0.717) is 0 Å². The highest BCUT2D eigenvalue weighted by Crippen LogP contribution is 2.27. The Morgan fingerprint density at radius 2 is 1.90 bits per heavy atom. The van der Waals surface area contributed by atoms with Gasteiger partial charge in [-0.2, -0.15) is 5.10 Å². The molecule has 0 saturated carbocycles. The predicted octanol–water partition coefficient (Wildman–Crippen LogP) is 3.07. The number of para-hydroxylation sites is 1. The number of aryl methyl sites for hydroxylation is 2. The molecule has 0 aliphatic rings. The molecule has 1 aromatic carbocycles. The van der Waals surface area contributed by atoms with Crippen molar-refractivity contribution in [2.45, 2.75) is 33.6 Å². The summed E-state index contributed by atoms with van der Waals surface area (Å²) >= 11 is 0. The second kappa shape index (κ2) is 5.49. The average molecular weight is 272 g/mol. The number of hydrogen-bond acceptors (Lipinski definition) is 3. The third kappa shape index (κ3) is 2.33. The first-order valence-corrected chi connectivity index (χ1v) is 6.67. The van der Waals surface area contributed by atoms with Crippen LogP contribution in [0.15, 0.2) is 24.3 Å². The van der Waals surface area contributed by atoms with E-state index in [9.17, 15) is 4.79 Å². The highest BCUT2D eigenvalue weighted by molar-refractivity contribution is 5.78. The predicted molar refractivity (Wildman–Crippen MR) is 78.2 cm³/mol. The summed E-state index contributed by atoms with van der Waals surface area (Å²) in [7, 11) is 1.41. The Kier molecular flexibility index (Phi) is 3.93. The van der Waals surface area contributed by atoms with Gasteiger partial charge in [0.05, 0.1) is 24.4 Å². The van der Waals surface area contributed by atoms with Crippen molar-refractivity contribution in [3.8, 4) is 5.69 Å². The molecule has 2 rings (SSSR count). The highest BCUT2D eigenvalue weighted by Gasteiger charge is 2.24. The first-order chi connectivity index (χ1) is 9.47. The molecule has 20 heavy (non-hydrogen) atoms. The summed E-state index contributed by atoms with van der Waals surface area (Å²) in [6.45, 7) is 7.82. The van der Waals surface area contributed by atoms with Gasteiger partial charge in [0.25, 0.3) is 0 Å². The third-order valence-corrected chi connectivity index (χ3v) is 3.68. The van der Waals surface area contributed by atoms with Crippen molar-refractivity contribution < 1.29 is 9.53 Å². The van der Waals surface area contributed by atoms with Crippen molar-refractivity contribution >= 4 is 5.97 Å². The molecular formula is C16H20N2O2. The van der Waals surface area contributed by atoms with E-state index in [2.05, 4.69) is 18.1 Å². The molecule has 4 heteroatoms. The van der Waals surface area contributed by atoms with Crippen LogP contribution in [-0.2, 0) is 9.53 Å². The minimum Gasteiger partial charge on any atom is -0.469 e. The summed E-state index contributed by atoms with van der Waals surface area (Å²) in [4.78, 5) is 11.8. The maximum absolute atomic E-state index is 11.8. The molecule has 0 radical (unpaired) electrons. The molecule has 1 unspecified atom stereocenters. The average Bonchev–Trinajstić information content (AvgIpc) is 2.73. The largest absolute Gasteiger partial charge is 0.469 e. The molecule has 1 atom stereocenters. The Morgan fingerprint density at radius 1 is 1.25 bits per heavy atom. The monoisotopic (exact) mass is 272 g/mol. The lowest BCUT2D eigenvalue weighted by molar-refractivity contribution is -0.142. The van der Waals surface area contributed by atoms with Gasteiger partial charge in [-0.1, -0.05) is 18.2 Å². The molecule has 1 aromatic heterocycles. The van der Waals surface area contributed by atoms with E-state index < -0.39 is 0 Å². The number of aromatic nitrogens is 2. The number of benzene rings is 1. The van der Waals surface area contributed by atoms with Crippen molar-refractivity contribution in [2.24, 2.45) is 0 Å². The smallest absolute Gasteiger partial charge is 0.312 e. The Balaban J connectivity index is 2.55. The van der Waals surface area contributed by atoms with Crippen LogP contribution in [0.5, 0.6) is 0 Å². The Hall–Kier alpha value is -2.10. The van der Waals surface area contributed by atoms with Gasteiger partial charge < -0.3 is 4.74 Å². The van der Waals surface area contributed by atoms with Gasteiger partial charge in [0, 0.05) is 11.3 Å². The van der Waals surface area contributed by atoms with Gasteiger partial charge in [-0.25, -0.2) is 4.68 Å². The van der Waals surface area contributed by atoms with Gasteiger partial charge in [-0.05, 0) is 39.3 Å². The number of hydrogen-bond donors (Lipinski definition) is 0. The quantitative estimate of drug-likeness (QED) is 0.807. The van der Waals surface area contributed by atoms with Crippen LogP contribution < -0.4 is 0 Å². The molecule has 4 nitrogen and oxygen atoms in total. The van der Waals surface area contributed by atoms with Crippen molar-refractivity contribution in [1.82, 2.24) is 9.78 Å². The van der Waals surface area contributed by atoms with E-state index in [1.165, 1.54) is 7.11 Å². The molecule has 1 heterocycles. The number of methoxy groups -OCH3 is 1. The number of esters is 1. The Morgan fingerprint density at radius 3 is 2.50 bits per heavy atom. The fourth-order valence-corrected chi connectivity index (χ4v) is 2.61. The number of nitrogens with zero attached hydrogens (tertiary/aromatic N) is 2. The lowest BCUT2D eigenvalue weighted by atomic mass is 9.99. The molecule has 0 aliphatic carbocycles. The topological polar surface area (TPSA) is 44.1 Å². The second-order valence-electron chi connectivity index (χ2n) is 5.03. The van der Waals surface area contributed by atoms with Crippen LogP contribution in [0.25, 0.3) is 5.69 Å². The maximum atomic E-state index is 11.8. The van der Waals surface area contributed by atoms with Gasteiger partial charge >= 0.3 is 5.97 Å². The summed E-state index contributed by atoms with van der Waals surface area (Å²) in [5, 5.41) is 4.59.